The first-order chi connectivity index (χ1) is 6.27. The van der Waals surface area contributed by atoms with E-state index in [4.69, 9.17) is 11.0 Å². The zero-order valence-corrected chi connectivity index (χ0v) is 8.63. The molecule has 0 aliphatic carbocycles. The van der Waals surface area contributed by atoms with E-state index in [2.05, 4.69) is 27.3 Å². The van der Waals surface area contributed by atoms with Gasteiger partial charge >= 0.3 is 0 Å². The van der Waals surface area contributed by atoms with E-state index in [9.17, 15) is 0 Å². The molecule has 0 amide bonds. The van der Waals surface area contributed by atoms with Crippen LogP contribution in [0.1, 0.15) is 5.56 Å². The van der Waals surface area contributed by atoms with Crippen molar-refractivity contribution < 1.29 is 0 Å². The zero-order valence-electron chi connectivity index (χ0n) is 7.05. The molecule has 1 aromatic rings. The van der Waals surface area contributed by atoms with Gasteiger partial charge in [0, 0.05) is 17.6 Å². The van der Waals surface area contributed by atoms with Crippen molar-refractivity contribution in [3.8, 4) is 6.07 Å². The van der Waals surface area contributed by atoms with Crippen molar-refractivity contribution >= 4 is 21.6 Å². The number of rotatable bonds is 3. The molecule has 0 aliphatic heterocycles. The van der Waals surface area contributed by atoms with E-state index < -0.39 is 0 Å². The highest BCUT2D eigenvalue weighted by atomic mass is 79.9. The molecule has 0 saturated heterocycles. The van der Waals surface area contributed by atoms with Crippen LogP contribution < -0.4 is 11.1 Å². The number of nitrogens with two attached hydrogens (primary N) is 1. The maximum atomic E-state index is 8.77. The molecule has 0 heterocycles. The van der Waals surface area contributed by atoms with Crippen LogP contribution >= 0.6 is 15.9 Å². The van der Waals surface area contributed by atoms with Gasteiger partial charge in [0.15, 0.2) is 0 Å². The Balaban J connectivity index is 2.89. The highest BCUT2D eigenvalue weighted by Crippen LogP contribution is 2.20. The highest BCUT2D eigenvalue weighted by Gasteiger charge is 2.00. The van der Waals surface area contributed by atoms with Crippen molar-refractivity contribution in [3.63, 3.8) is 0 Å². The fourth-order valence-electron chi connectivity index (χ4n) is 0.967. The SMILES string of the molecule is N#Cc1ccc(Br)cc1NCCN. The van der Waals surface area contributed by atoms with Gasteiger partial charge in [-0.25, -0.2) is 0 Å². The average Bonchev–Trinajstić information content (AvgIpc) is 2.15. The minimum absolute atomic E-state index is 0.553. The van der Waals surface area contributed by atoms with E-state index in [1.54, 1.807) is 6.07 Å². The van der Waals surface area contributed by atoms with Crippen molar-refractivity contribution in [3.05, 3.63) is 28.2 Å². The number of anilines is 1. The summed E-state index contributed by atoms with van der Waals surface area (Å²) in [5.74, 6) is 0. The zero-order chi connectivity index (χ0) is 9.68. The van der Waals surface area contributed by atoms with Crippen molar-refractivity contribution in [2.75, 3.05) is 18.4 Å². The van der Waals surface area contributed by atoms with Gasteiger partial charge in [0.2, 0.25) is 0 Å². The molecule has 1 aromatic carbocycles. The number of nitriles is 1. The average molecular weight is 240 g/mol. The van der Waals surface area contributed by atoms with Crippen LogP contribution in [0.25, 0.3) is 0 Å². The van der Waals surface area contributed by atoms with Gasteiger partial charge < -0.3 is 11.1 Å². The molecule has 4 heteroatoms. The Bertz CT molecular complexity index is 330. The second-order valence-electron chi connectivity index (χ2n) is 2.52. The van der Waals surface area contributed by atoms with Gasteiger partial charge in [0.1, 0.15) is 6.07 Å². The molecule has 0 radical (unpaired) electrons. The Kier molecular flexibility index (Phi) is 3.74. The topological polar surface area (TPSA) is 61.8 Å². The fourth-order valence-corrected chi connectivity index (χ4v) is 1.33. The molecule has 1 rings (SSSR count). The molecule has 68 valence electrons. The van der Waals surface area contributed by atoms with Crippen LogP contribution in [0.2, 0.25) is 0 Å². The molecular formula is C9H10BrN3. The monoisotopic (exact) mass is 239 g/mol. The van der Waals surface area contributed by atoms with Gasteiger partial charge in [-0.15, -0.1) is 0 Å². The van der Waals surface area contributed by atoms with E-state index in [0.29, 0.717) is 18.7 Å². The summed E-state index contributed by atoms with van der Waals surface area (Å²) in [4.78, 5) is 0. The van der Waals surface area contributed by atoms with Crippen molar-refractivity contribution in [1.82, 2.24) is 0 Å². The van der Waals surface area contributed by atoms with Crippen molar-refractivity contribution in [2.45, 2.75) is 0 Å². The second kappa shape index (κ2) is 4.85. The third kappa shape index (κ3) is 2.72. The summed E-state index contributed by atoms with van der Waals surface area (Å²) in [6.45, 7) is 1.22. The van der Waals surface area contributed by atoms with E-state index in [1.165, 1.54) is 0 Å². The lowest BCUT2D eigenvalue weighted by Gasteiger charge is -2.06. The smallest absolute Gasteiger partial charge is 0.101 e. The third-order valence-corrected chi connectivity index (χ3v) is 2.06. The Morgan fingerprint density at radius 3 is 2.92 bits per heavy atom. The van der Waals surface area contributed by atoms with Crippen LogP contribution in [0, 0.1) is 11.3 Å². The summed E-state index contributed by atoms with van der Waals surface area (Å²) in [7, 11) is 0. The molecule has 3 N–H and O–H groups in total. The molecular weight excluding hydrogens is 230 g/mol. The summed E-state index contributed by atoms with van der Waals surface area (Å²) in [6.07, 6.45) is 0. The maximum Gasteiger partial charge on any atom is 0.101 e. The van der Waals surface area contributed by atoms with Crippen LogP contribution in [0.4, 0.5) is 5.69 Å². The van der Waals surface area contributed by atoms with Crippen molar-refractivity contribution in [1.29, 1.82) is 5.26 Å². The summed E-state index contributed by atoms with van der Waals surface area (Å²) >= 11 is 3.34. The van der Waals surface area contributed by atoms with Crippen LogP contribution in [-0.2, 0) is 0 Å². The molecule has 0 bridgehead atoms. The lowest BCUT2D eigenvalue weighted by molar-refractivity contribution is 1.02. The van der Waals surface area contributed by atoms with Crippen LogP contribution in [0.5, 0.6) is 0 Å². The van der Waals surface area contributed by atoms with E-state index in [0.717, 1.165) is 10.2 Å². The van der Waals surface area contributed by atoms with Crippen LogP contribution in [0.3, 0.4) is 0 Å². The normalized spacial score (nSPS) is 9.31. The number of benzene rings is 1. The largest absolute Gasteiger partial charge is 0.383 e. The minimum Gasteiger partial charge on any atom is -0.383 e. The maximum absolute atomic E-state index is 8.77. The molecule has 13 heavy (non-hydrogen) atoms. The van der Waals surface area contributed by atoms with Crippen LogP contribution in [-0.4, -0.2) is 13.1 Å². The quantitative estimate of drug-likeness (QED) is 0.845. The van der Waals surface area contributed by atoms with Gasteiger partial charge in [0.05, 0.1) is 11.3 Å². The Labute approximate surface area is 85.7 Å². The lowest BCUT2D eigenvalue weighted by atomic mass is 10.2. The van der Waals surface area contributed by atoms with Gasteiger partial charge in [-0.3, -0.25) is 0 Å². The third-order valence-electron chi connectivity index (χ3n) is 1.56. The molecule has 0 aliphatic rings. The van der Waals surface area contributed by atoms with E-state index in [-0.39, 0.29) is 0 Å². The van der Waals surface area contributed by atoms with Gasteiger partial charge in [-0.1, -0.05) is 15.9 Å². The Hall–Kier alpha value is -1.05. The standard InChI is InChI=1S/C9H10BrN3/c10-8-2-1-7(6-12)9(5-8)13-4-3-11/h1-2,5,13H,3-4,11H2. The molecule has 0 saturated carbocycles. The first-order valence-electron chi connectivity index (χ1n) is 3.91. The fraction of sp³-hybridized carbons (Fsp3) is 0.222. The Morgan fingerprint density at radius 2 is 2.31 bits per heavy atom. The number of halogens is 1. The second-order valence-corrected chi connectivity index (χ2v) is 3.43. The first kappa shape index (κ1) is 10.0. The number of nitrogens with zero attached hydrogens (tertiary/aromatic N) is 1. The highest BCUT2D eigenvalue weighted by molar-refractivity contribution is 9.10. The molecule has 3 nitrogen and oxygen atoms in total. The molecule has 0 fully saturated rings. The van der Waals surface area contributed by atoms with Gasteiger partial charge in [-0.05, 0) is 18.2 Å². The number of hydrogen-bond donors (Lipinski definition) is 2. The van der Waals surface area contributed by atoms with Gasteiger partial charge in [0.25, 0.3) is 0 Å². The number of hydrogen-bond acceptors (Lipinski definition) is 3. The lowest BCUT2D eigenvalue weighted by Crippen LogP contribution is -2.13. The Morgan fingerprint density at radius 1 is 1.54 bits per heavy atom. The summed E-state index contributed by atoms with van der Waals surface area (Å²) in [5, 5.41) is 11.8. The molecule has 0 aromatic heterocycles. The molecule has 0 unspecified atom stereocenters. The number of nitrogens with one attached hydrogen (secondary N) is 1. The summed E-state index contributed by atoms with van der Waals surface area (Å²) < 4.78 is 0.950. The van der Waals surface area contributed by atoms with Crippen molar-refractivity contribution in [2.24, 2.45) is 5.73 Å². The predicted molar refractivity (Wildman–Crippen MR) is 56.4 cm³/mol. The summed E-state index contributed by atoms with van der Waals surface area (Å²) in [6, 6.07) is 7.58. The van der Waals surface area contributed by atoms with Crippen LogP contribution in [0.15, 0.2) is 22.7 Å². The molecule has 0 atom stereocenters. The predicted octanol–water partition coefficient (Wildman–Crippen LogP) is 1.69. The minimum atomic E-state index is 0.553. The first-order valence-corrected chi connectivity index (χ1v) is 4.71. The molecule has 0 spiro atoms. The van der Waals surface area contributed by atoms with E-state index >= 15 is 0 Å². The summed E-state index contributed by atoms with van der Waals surface area (Å²) in [5.41, 5.74) is 6.81. The van der Waals surface area contributed by atoms with Gasteiger partial charge in [-0.2, -0.15) is 5.26 Å². The van der Waals surface area contributed by atoms with E-state index in [1.807, 2.05) is 12.1 Å².